The highest BCUT2D eigenvalue weighted by molar-refractivity contribution is 7.13. The van der Waals surface area contributed by atoms with Crippen LogP contribution in [0.2, 0.25) is 0 Å². The van der Waals surface area contributed by atoms with E-state index in [1.807, 2.05) is 0 Å². The van der Waals surface area contributed by atoms with Crippen LogP contribution in [0.15, 0.2) is 5.38 Å². The number of thiazole rings is 1. The van der Waals surface area contributed by atoms with Crippen molar-refractivity contribution in [3.05, 3.63) is 11.1 Å². The molecule has 0 fully saturated rings. The number of nitrogens with zero attached hydrogens (tertiary/aromatic N) is 1. The fourth-order valence-electron chi connectivity index (χ4n) is 0.729. The van der Waals surface area contributed by atoms with Gasteiger partial charge >= 0.3 is 5.97 Å². The quantitative estimate of drug-likeness (QED) is 0.735. The highest BCUT2D eigenvalue weighted by Gasteiger charge is 2.13. The predicted molar refractivity (Wildman–Crippen MR) is 60.3 cm³/mol. The molecule has 1 unspecified atom stereocenters. The highest BCUT2D eigenvalue weighted by Crippen LogP contribution is 2.11. The molecule has 0 aliphatic rings. The largest absolute Gasteiger partial charge is 0.480 e. The summed E-state index contributed by atoms with van der Waals surface area (Å²) in [6.07, 6.45) is 0.225. The predicted octanol–water partition coefficient (Wildman–Crippen LogP) is 0.523. The number of hydrogen-bond donors (Lipinski definition) is 3. The second kappa shape index (κ2) is 6.83. The Bertz CT molecular complexity index is 294. The molecule has 1 aromatic heterocycles. The number of nitrogen functional groups attached to an aromatic ring is 1. The number of aliphatic carboxylic acids is 1. The van der Waals surface area contributed by atoms with Gasteiger partial charge in [0.05, 0.1) is 5.69 Å². The Hall–Kier alpha value is -0.560. The van der Waals surface area contributed by atoms with E-state index in [-0.39, 0.29) is 31.2 Å². The first-order chi connectivity index (χ1) is 5.59. The summed E-state index contributed by atoms with van der Waals surface area (Å²) >= 11 is 1.28. The molecule has 1 rings (SSSR count). The van der Waals surface area contributed by atoms with E-state index in [0.29, 0.717) is 10.8 Å². The summed E-state index contributed by atoms with van der Waals surface area (Å²) in [5, 5.41) is 10.6. The monoisotopic (exact) mass is 259 g/mol. The van der Waals surface area contributed by atoms with Crippen molar-refractivity contribution < 1.29 is 9.90 Å². The van der Waals surface area contributed by atoms with Crippen LogP contribution in [0.3, 0.4) is 0 Å². The number of nitrogens with two attached hydrogens (primary N) is 2. The van der Waals surface area contributed by atoms with Crippen molar-refractivity contribution >= 4 is 47.3 Å². The number of hydrogen-bond acceptors (Lipinski definition) is 5. The molecule has 0 radical (unpaired) electrons. The topological polar surface area (TPSA) is 102 Å². The van der Waals surface area contributed by atoms with E-state index in [0.717, 1.165) is 0 Å². The average molecular weight is 260 g/mol. The summed E-state index contributed by atoms with van der Waals surface area (Å²) in [6, 6.07) is -0.897. The fourth-order valence-corrected chi connectivity index (χ4v) is 1.30. The molecule has 1 atom stereocenters. The molecular formula is C6H11Cl2N3O2S. The van der Waals surface area contributed by atoms with Crippen LogP contribution in [0.4, 0.5) is 5.13 Å². The molecule has 0 bridgehead atoms. The average Bonchev–Trinajstić information content (AvgIpc) is 2.35. The molecule has 1 heterocycles. The van der Waals surface area contributed by atoms with Gasteiger partial charge in [-0.25, -0.2) is 4.98 Å². The minimum absolute atomic E-state index is 0. The van der Waals surface area contributed by atoms with Crippen LogP contribution >= 0.6 is 36.2 Å². The third kappa shape index (κ3) is 4.61. The van der Waals surface area contributed by atoms with Gasteiger partial charge in [-0.05, 0) is 0 Å². The van der Waals surface area contributed by atoms with Crippen molar-refractivity contribution in [2.24, 2.45) is 5.73 Å². The van der Waals surface area contributed by atoms with E-state index in [1.165, 1.54) is 11.3 Å². The molecule has 5 N–H and O–H groups in total. The second-order valence-electron chi connectivity index (χ2n) is 2.33. The molecule has 8 heteroatoms. The van der Waals surface area contributed by atoms with Gasteiger partial charge in [-0.15, -0.1) is 36.2 Å². The summed E-state index contributed by atoms with van der Waals surface area (Å²) in [5.41, 5.74) is 11.3. The molecule has 82 valence electrons. The maximum Gasteiger partial charge on any atom is 0.320 e. The number of carboxylic acids is 1. The Balaban J connectivity index is 0. The zero-order valence-electron chi connectivity index (χ0n) is 7.04. The van der Waals surface area contributed by atoms with E-state index in [1.54, 1.807) is 5.38 Å². The molecule has 1 aromatic rings. The van der Waals surface area contributed by atoms with Gasteiger partial charge in [0.15, 0.2) is 5.13 Å². The Morgan fingerprint density at radius 1 is 1.64 bits per heavy atom. The molecule has 0 aromatic carbocycles. The van der Waals surface area contributed by atoms with Gasteiger partial charge in [0.1, 0.15) is 6.04 Å². The van der Waals surface area contributed by atoms with Crippen LogP contribution in [0, 0.1) is 0 Å². The van der Waals surface area contributed by atoms with Crippen LogP contribution in [0.5, 0.6) is 0 Å². The van der Waals surface area contributed by atoms with Crippen LogP contribution in [-0.2, 0) is 11.2 Å². The van der Waals surface area contributed by atoms with Gasteiger partial charge in [0.2, 0.25) is 0 Å². The summed E-state index contributed by atoms with van der Waals surface area (Å²) in [4.78, 5) is 14.2. The highest BCUT2D eigenvalue weighted by atomic mass is 35.5. The van der Waals surface area contributed by atoms with Gasteiger partial charge in [-0.1, -0.05) is 0 Å². The van der Waals surface area contributed by atoms with Crippen LogP contribution < -0.4 is 11.5 Å². The lowest BCUT2D eigenvalue weighted by molar-refractivity contribution is -0.138. The van der Waals surface area contributed by atoms with E-state index in [2.05, 4.69) is 4.98 Å². The number of aromatic nitrogens is 1. The smallest absolute Gasteiger partial charge is 0.320 e. The molecule has 0 saturated heterocycles. The number of rotatable bonds is 3. The minimum Gasteiger partial charge on any atom is -0.480 e. The van der Waals surface area contributed by atoms with E-state index in [9.17, 15) is 4.79 Å². The number of carbonyl (C=O) groups is 1. The third-order valence-electron chi connectivity index (χ3n) is 1.32. The molecule has 0 spiro atoms. The lowest BCUT2D eigenvalue weighted by Gasteiger charge is -2.01. The number of carboxylic acid groups (broad SMARTS) is 1. The van der Waals surface area contributed by atoms with Crippen LogP contribution in [-0.4, -0.2) is 22.1 Å². The number of anilines is 1. The zero-order valence-corrected chi connectivity index (χ0v) is 9.49. The summed E-state index contributed by atoms with van der Waals surface area (Å²) < 4.78 is 0. The molecule has 5 nitrogen and oxygen atoms in total. The maximum absolute atomic E-state index is 10.3. The standard InChI is InChI=1S/C6H9N3O2S.2ClH/c7-4(5(10)11)1-3-2-12-6(8)9-3;;/h2,4H,1,7H2,(H2,8,9)(H,10,11);2*1H. The molecule has 0 aliphatic heterocycles. The van der Waals surface area contributed by atoms with Gasteiger partial charge < -0.3 is 16.6 Å². The SMILES string of the molecule is Cl.Cl.Nc1nc(CC(N)C(=O)O)cs1. The molecule has 0 aliphatic carbocycles. The number of halogens is 2. The summed E-state index contributed by atoms with van der Waals surface area (Å²) in [6.45, 7) is 0. The van der Waals surface area contributed by atoms with Crippen molar-refractivity contribution in [2.75, 3.05) is 5.73 Å². The lowest BCUT2D eigenvalue weighted by atomic mass is 10.2. The van der Waals surface area contributed by atoms with Crippen LogP contribution in [0.1, 0.15) is 5.69 Å². The summed E-state index contributed by atoms with van der Waals surface area (Å²) in [5.74, 6) is -1.03. The maximum atomic E-state index is 10.3. The van der Waals surface area contributed by atoms with Crippen LogP contribution in [0.25, 0.3) is 0 Å². The first kappa shape index (κ1) is 15.9. The molecular weight excluding hydrogens is 249 g/mol. The molecule has 14 heavy (non-hydrogen) atoms. The zero-order chi connectivity index (χ0) is 9.14. The van der Waals surface area contributed by atoms with Gasteiger partial charge in [0, 0.05) is 11.8 Å². The fraction of sp³-hybridized carbons (Fsp3) is 0.333. The normalized spacial score (nSPS) is 10.9. The Morgan fingerprint density at radius 2 is 2.21 bits per heavy atom. The van der Waals surface area contributed by atoms with Crippen molar-refractivity contribution in [2.45, 2.75) is 12.5 Å². The minimum atomic E-state index is -1.03. The van der Waals surface area contributed by atoms with Gasteiger partial charge in [0.25, 0.3) is 0 Å². The van der Waals surface area contributed by atoms with E-state index < -0.39 is 12.0 Å². The van der Waals surface area contributed by atoms with Crippen molar-refractivity contribution in [3.63, 3.8) is 0 Å². The Kier molecular flexibility index (Phi) is 7.75. The Labute approximate surface area is 97.3 Å². The second-order valence-corrected chi connectivity index (χ2v) is 3.22. The van der Waals surface area contributed by atoms with Gasteiger partial charge in [-0.3, -0.25) is 4.79 Å². The lowest BCUT2D eigenvalue weighted by Crippen LogP contribution is -2.32. The summed E-state index contributed by atoms with van der Waals surface area (Å²) in [7, 11) is 0. The van der Waals surface area contributed by atoms with Crippen molar-refractivity contribution in [1.29, 1.82) is 0 Å². The first-order valence-corrected chi connectivity index (χ1v) is 4.16. The van der Waals surface area contributed by atoms with Crippen molar-refractivity contribution in [1.82, 2.24) is 4.98 Å². The Morgan fingerprint density at radius 3 is 2.57 bits per heavy atom. The van der Waals surface area contributed by atoms with Crippen molar-refractivity contribution in [3.8, 4) is 0 Å². The third-order valence-corrected chi connectivity index (χ3v) is 2.04. The van der Waals surface area contributed by atoms with Gasteiger partial charge in [-0.2, -0.15) is 0 Å². The van der Waals surface area contributed by atoms with E-state index in [4.69, 9.17) is 16.6 Å². The first-order valence-electron chi connectivity index (χ1n) is 3.28. The molecule has 0 saturated carbocycles. The van der Waals surface area contributed by atoms with E-state index >= 15 is 0 Å². The molecule has 0 amide bonds.